The topological polar surface area (TPSA) is 87.7 Å². The van der Waals surface area contributed by atoms with Crippen molar-refractivity contribution in [3.05, 3.63) is 24.3 Å². The van der Waals surface area contributed by atoms with Crippen LogP contribution in [0.1, 0.15) is 20.3 Å². The van der Waals surface area contributed by atoms with Gasteiger partial charge in [-0.15, -0.1) is 0 Å². The van der Waals surface area contributed by atoms with E-state index in [9.17, 15) is 14.4 Å². The van der Waals surface area contributed by atoms with Crippen molar-refractivity contribution in [2.24, 2.45) is 0 Å². The maximum absolute atomic E-state index is 12.3. The summed E-state index contributed by atoms with van der Waals surface area (Å²) in [5, 5.41) is 5.30. The summed E-state index contributed by atoms with van der Waals surface area (Å²) in [4.78, 5) is 36.4. The number of para-hydroxylation sites is 2. The molecule has 0 bridgehead atoms. The number of amides is 3. The molecule has 3 amide bonds. The number of anilines is 1. The molecule has 0 aliphatic carbocycles. The molecule has 1 aromatic carbocycles. The van der Waals surface area contributed by atoms with Crippen LogP contribution in [0, 0.1) is 0 Å². The lowest BCUT2D eigenvalue weighted by Gasteiger charge is -2.32. The van der Waals surface area contributed by atoms with Gasteiger partial charge in [-0.1, -0.05) is 12.1 Å². The Morgan fingerprint density at radius 1 is 1.22 bits per heavy atom. The largest absolute Gasteiger partial charge is 0.479 e. The van der Waals surface area contributed by atoms with Crippen LogP contribution in [0.3, 0.4) is 0 Å². The quantitative estimate of drug-likeness (QED) is 0.745. The zero-order valence-corrected chi connectivity index (χ0v) is 13.3. The lowest BCUT2D eigenvalue weighted by atomic mass is 10.1. The molecule has 1 aliphatic heterocycles. The summed E-state index contributed by atoms with van der Waals surface area (Å²) in [5.74, 6) is 0.184. The van der Waals surface area contributed by atoms with Gasteiger partial charge in [0.15, 0.2) is 6.10 Å². The van der Waals surface area contributed by atoms with Gasteiger partial charge in [-0.05, 0) is 19.1 Å². The standard InChI is InChI=1S/C16H21N3O4/c1-11-16(22)19(13-5-3-4-6-14(13)23-11)10-7-15(21)18-9-8-17-12(2)20/h3-6,11H,7-10H2,1-2H3,(H,17,20)(H,18,21). The van der Waals surface area contributed by atoms with E-state index in [2.05, 4.69) is 10.6 Å². The van der Waals surface area contributed by atoms with Crippen LogP contribution in [0.4, 0.5) is 5.69 Å². The highest BCUT2D eigenvalue weighted by Gasteiger charge is 2.31. The molecule has 0 saturated heterocycles. The third-order valence-corrected chi connectivity index (χ3v) is 3.46. The van der Waals surface area contributed by atoms with Gasteiger partial charge in [-0.3, -0.25) is 14.4 Å². The Balaban J connectivity index is 1.88. The zero-order chi connectivity index (χ0) is 16.8. The second-order valence-electron chi connectivity index (χ2n) is 5.30. The van der Waals surface area contributed by atoms with Gasteiger partial charge < -0.3 is 20.3 Å². The van der Waals surface area contributed by atoms with Crippen LogP contribution in [-0.4, -0.2) is 43.5 Å². The van der Waals surface area contributed by atoms with Crippen LogP contribution in [-0.2, 0) is 14.4 Å². The van der Waals surface area contributed by atoms with Crippen molar-refractivity contribution in [2.45, 2.75) is 26.4 Å². The van der Waals surface area contributed by atoms with Gasteiger partial charge in [0.1, 0.15) is 5.75 Å². The number of hydrogen-bond acceptors (Lipinski definition) is 4. The summed E-state index contributed by atoms with van der Waals surface area (Å²) >= 11 is 0. The Labute approximate surface area is 135 Å². The van der Waals surface area contributed by atoms with Crippen molar-refractivity contribution in [1.82, 2.24) is 10.6 Å². The Morgan fingerprint density at radius 3 is 2.65 bits per heavy atom. The first-order chi connectivity index (χ1) is 11.0. The van der Waals surface area contributed by atoms with Crippen molar-refractivity contribution < 1.29 is 19.1 Å². The minimum Gasteiger partial charge on any atom is -0.479 e. The minimum absolute atomic E-state index is 0.135. The van der Waals surface area contributed by atoms with E-state index in [1.807, 2.05) is 12.1 Å². The number of carbonyl (C=O) groups excluding carboxylic acids is 3. The Bertz CT molecular complexity index is 603. The van der Waals surface area contributed by atoms with Gasteiger partial charge >= 0.3 is 0 Å². The third-order valence-electron chi connectivity index (χ3n) is 3.46. The average Bonchev–Trinajstić information content (AvgIpc) is 2.52. The number of nitrogens with one attached hydrogen (secondary N) is 2. The van der Waals surface area contributed by atoms with Crippen LogP contribution in [0.25, 0.3) is 0 Å². The second-order valence-corrected chi connectivity index (χ2v) is 5.30. The van der Waals surface area contributed by atoms with E-state index >= 15 is 0 Å². The molecule has 7 heteroatoms. The molecule has 23 heavy (non-hydrogen) atoms. The molecule has 0 fully saturated rings. The average molecular weight is 319 g/mol. The molecule has 0 radical (unpaired) electrons. The maximum Gasteiger partial charge on any atom is 0.267 e. The maximum atomic E-state index is 12.3. The Morgan fingerprint density at radius 2 is 1.91 bits per heavy atom. The van der Waals surface area contributed by atoms with Crippen LogP contribution in [0.5, 0.6) is 5.75 Å². The first kappa shape index (κ1) is 16.8. The van der Waals surface area contributed by atoms with E-state index in [1.54, 1.807) is 24.0 Å². The van der Waals surface area contributed by atoms with Crippen molar-refractivity contribution in [1.29, 1.82) is 0 Å². The van der Waals surface area contributed by atoms with Gasteiger partial charge in [0, 0.05) is 33.0 Å². The molecule has 1 heterocycles. The van der Waals surface area contributed by atoms with Gasteiger partial charge in [0.2, 0.25) is 11.8 Å². The second kappa shape index (κ2) is 7.62. The first-order valence-corrected chi connectivity index (χ1v) is 7.57. The number of fused-ring (bicyclic) bond motifs is 1. The summed E-state index contributed by atoms with van der Waals surface area (Å²) in [6.45, 7) is 4.15. The first-order valence-electron chi connectivity index (χ1n) is 7.57. The Hall–Kier alpha value is -2.57. The van der Waals surface area contributed by atoms with E-state index in [0.29, 0.717) is 24.5 Å². The van der Waals surface area contributed by atoms with E-state index in [1.165, 1.54) is 6.92 Å². The molecule has 124 valence electrons. The number of rotatable bonds is 6. The molecule has 7 nitrogen and oxygen atoms in total. The number of hydrogen-bond donors (Lipinski definition) is 2. The van der Waals surface area contributed by atoms with E-state index in [0.717, 1.165) is 0 Å². The highest BCUT2D eigenvalue weighted by molar-refractivity contribution is 6.00. The van der Waals surface area contributed by atoms with Crippen LogP contribution >= 0.6 is 0 Å². The molecule has 0 aromatic heterocycles. The fourth-order valence-corrected chi connectivity index (χ4v) is 2.33. The molecule has 1 aliphatic rings. The predicted octanol–water partition coefficient (Wildman–Crippen LogP) is 0.443. The van der Waals surface area contributed by atoms with Crippen LogP contribution in [0.2, 0.25) is 0 Å². The molecular formula is C16H21N3O4. The van der Waals surface area contributed by atoms with Gasteiger partial charge in [0.05, 0.1) is 5.69 Å². The smallest absolute Gasteiger partial charge is 0.267 e. The molecule has 1 aromatic rings. The summed E-state index contributed by atoms with van der Waals surface area (Å²) in [7, 11) is 0. The molecule has 1 atom stereocenters. The van der Waals surface area contributed by atoms with Crippen molar-refractivity contribution in [3.8, 4) is 5.75 Å². The van der Waals surface area contributed by atoms with Crippen molar-refractivity contribution >= 4 is 23.4 Å². The lowest BCUT2D eigenvalue weighted by molar-refractivity contribution is -0.126. The van der Waals surface area contributed by atoms with E-state index in [4.69, 9.17) is 4.74 Å². The third kappa shape index (κ3) is 4.45. The van der Waals surface area contributed by atoms with Gasteiger partial charge in [0.25, 0.3) is 5.91 Å². The summed E-state index contributed by atoms with van der Waals surface area (Å²) in [6.07, 6.45) is -0.375. The SMILES string of the molecule is CC(=O)NCCNC(=O)CCN1C(=O)C(C)Oc2ccccc21. The highest BCUT2D eigenvalue weighted by Crippen LogP contribution is 2.33. The normalized spacial score (nSPS) is 16.3. The Kier molecular flexibility index (Phi) is 5.56. The highest BCUT2D eigenvalue weighted by atomic mass is 16.5. The predicted molar refractivity (Wildman–Crippen MR) is 85.2 cm³/mol. The molecule has 0 spiro atoms. The monoisotopic (exact) mass is 319 g/mol. The number of carbonyl (C=O) groups is 3. The molecule has 2 rings (SSSR count). The fourth-order valence-electron chi connectivity index (χ4n) is 2.33. The molecule has 0 saturated carbocycles. The fraction of sp³-hybridized carbons (Fsp3) is 0.438. The summed E-state index contributed by atoms with van der Waals surface area (Å²) in [5.41, 5.74) is 0.682. The van der Waals surface area contributed by atoms with Crippen molar-refractivity contribution in [2.75, 3.05) is 24.5 Å². The number of ether oxygens (including phenoxy) is 1. The molecular weight excluding hydrogens is 298 g/mol. The van der Waals surface area contributed by atoms with Gasteiger partial charge in [-0.25, -0.2) is 0 Å². The molecule has 2 N–H and O–H groups in total. The molecule has 1 unspecified atom stereocenters. The lowest BCUT2D eigenvalue weighted by Crippen LogP contribution is -2.46. The number of benzene rings is 1. The minimum atomic E-state index is -0.562. The van der Waals surface area contributed by atoms with E-state index in [-0.39, 0.29) is 30.7 Å². The summed E-state index contributed by atoms with van der Waals surface area (Å²) in [6, 6.07) is 7.27. The van der Waals surface area contributed by atoms with Crippen molar-refractivity contribution in [3.63, 3.8) is 0 Å². The zero-order valence-electron chi connectivity index (χ0n) is 13.3. The van der Waals surface area contributed by atoms with E-state index < -0.39 is 6.10 Å². The number of nitrogens with zero attached hydrogens (tertiary/aromatic N) is 1. The summed E-state index contributed by atoms with van der Waals surface area (Å²) < 4.78 is 5.55. The van der Waals surface area contributed by atoms with Crippen LogP contribution in [0.15, 0.2) is 24.3 Å². The van der Waals surface area contributed by atoms with Gasteiger partial charge in [-0.2, -0.15) is 0 Å². The van der Waals surface area contributed by atoms with Crippen LogP contribution < -0.4 is 20.3 Å².